The van der Waals surface area contributed by atoms with E-state index in [-0.39, 0.29) is 11.8 Å². The van der Waals surface area contributed by atoms with Crippen molar-refractivity contribution in [2.45, 2.75) is 49.7 Å². The van der Waals surface area contributed by atoms with E-state index in [0.29, 0.717) is 21.8 Å². The second-order valence-electron chi connectivity index (χ2n) is 8.50. The molecule has 0 aliphatic heterocycles. The van der Waals surface area contributed by atoms with Crippen molar-refractivity contribution in [3.63, 3.8) is 0 Å². The SMILES string of the molecule is COC(=O)c1c(NC(=O)C(C)Sc2cccc(NC(=O)c3ccc(C)cc3)c2)sc2c1CCCC2. The zero-order valence-electron chi connectivity index (χ0n) is 20.0. The number of thiophene rings is 1. The van der Waals surface area contributed by atoms with Gasteiger partial charge in [0.15, 0.2) is 0 Å². The molecule has 3 aromatic rings. The Balaban J connectivity index is 1.43. The second kappa shape index (κ2) is 11.1. The molecule has 0 fully saturated rings. The summed E-state index contributed by atoms with van der Waals surface area (Å²) in [5, 5.41) is 6.03. The molecule has 35 heavy (non-hydrogen) atoms. The van der Waals surface area contributed by atoms with Gasteiger partial charge in [-0.05, 0) is 75.4 Å². The summed E-state index contributed by atoms with van der Waals surface area (Å²) in [6.07, 6.45) is 3.87. The highest BCUT2D eigenvalue weighted by Crippen LogP contribution is 2.39. The van der Waals surface area contributed by atoms with Crippen LogP contribution in [0.2, 0.25) is 0 Å². The Morgan fingerprint density at radius 1 is 1.03 bits per heavy atom. The van der Waals surface area contributed by atoms with Gasteiger partial charge in [-0.3, -0.25) is 9.59 Å². The molecular formula is C27H28N2O4S2. The number of carbonyl (C=O) groups excluding carboxylic acids is 3. The molecule has 6 nitrogen and oxygen atoms in total. The molecule has 1 aliphatic carbocycles. The first-order chi connectivity index (χ1) is 16.9. The van der Waals surface area contributed by atoms with Crippen LogP contribution in [0.3, 0.4) is 0 Å². The number of hydrogen-bond donors (Lipinski definition) is 2. The summed E-state index contributed by atoms with van der Waals surface area (Å²) in [4.78, 5) is 40.0. The lowest BCUT2D eigenvalue weighted by Crippen LogP contribution is -2.23. The molecule has 0 radical (unpaired) electrons. The molecule has 8 heteroatoms. The fraction of sp³-hybridized carbons (Fsp3) is 0.296. The van der Waals surface area contributed by atoms with Gasteiger partial charge in [0.2, 0.25) is 5.91 Å². The van der Waals surface area contributed by atoms with Gasteiger partial charge >= 0.3 is 5.97 Å². The fourth-order valence-corrected chi connectivity index (χ4v) is 6.21. The molecule has 4 rings (SSSR count). The minimum atomic E-state index is -0.414. The minimum Gasteiger partial charge on any atom is -0.465 e. The Bertz CT molecular complexity index is 1250. The van der Waals surface area contributed by atoms with Gasteiger partial charge in [-0.15, -0.1) is 23.1 Å². The van der Waals surface area contributed by atoms with Crippen molar-refractivity contribution in [3.8, 4) is 0 Å². The van der Waals surface area contributed by atoms with E-state index in [2.05, 4.69) is 10.6 Å². The molecular weight excluding hydrogens is 480 g/mol. The van der Waals surface area contributed by atoms with Crippen molar-refractivity contribution in [3.05, 3.63) is 75.7 Å². The minimum absolute atomic E-state index is 0.185. The van der Waals surface area contributed by atoms with E-state index < -0.39 is 11.2 Å². The highest BCUT2D eigenvalue weighted by atomic mass is 32.2. The number of hydrogen-bond acceptors (Lipinski definition) is 6. The first kappa shape index (κ1) is 25.0. The number of nitrogens with one attached hydrogen (secondary N) is 2. The van der Waals surface area contributed by atoms with Gasteiger partial charge < -0.3 is 15.4 Å². The number of esters is 1. The Labute approximate surface area is 213 Å². The molecule has 0 bridgehead atoms. The predicted octanol–water partition coefficient (Wildman–Crippen LogP) is 6.09. The molecule has 2 amide bonds. The van der Waals surface area contributed by atoms with Crippen LogP contribution in [0.5, 0.6) is 0 Å². The van der Waals surface area contributed by atoms with E-state index in [4.69, 9.17) is 4.74 Å². The standard InChI is InChI=1S/C27H28N2O4S2/c1-16-11-13-18(14-12-16)25(31)28-19-7-6-8-20(15-19)34-17(2)24(30)29-26-23(27(32)33-3)21-9-4-5-10-22(21)35-26/h6-8,11-15,17H,4-5,9-10H2,1-3H3,(H,28,31)(H,29,30). The van der Waals surface area contributed by atoms with Crippen LogP contribution in [-0.2, 0) is 22.4 Å². The summed E-state index contributed by atoms with van der Waals surface area (Å²) in [7, 11) is 1.36. The van der Waals surface area contributed by atoms with Gasteiger partial charge in [0, 0.05) is 21.0 Å². The topological polar surface area (TPSA) is 84.5 Å². The van der Waals surface area contributed by atoms with Gasteiger partial charge in [0.05, 0.1) is 17.9 Å². The number of carbonyl (C=O) groups is 3. The molecule has 2 aromatic carbocycles. The Morgan fingerprint density at radius 2 is 1.77 bits per heavy atom. The maximum atomic E-state index is 13.0. The monoisotopic (exact) mass is 508 g/mol. The van der Waals surface area contributed by atoms with E-state index in [9.17, 15) is 14.4 Å². The van der Waals surface area contributed by atoms with Crippen molar-refractivity contribution < 1.29 is 19.1 Å². The molecule has 2 N–H and O–H groups in total. The summed E-state index contributed by atoms with van der Waals surface area (Å²) in [6, 6.07) is 14.8. The maximum absolute atomic E-state index is 13.0. The van der Waals surface area contributed by atoms with Crippen molar-refractivity contribution in [1.82, 2.24) is 0 Å². The van der Waals surface area contributed by atoms with Crippen molar-refractivity contribution in [1.29, 1.82) is 0 Å². The molecule has 1 aliphatic rings. The van der Waals surface area contributed by atoms with Gasteiger partial charge in [0.25, 0.3) is 5.91 Å². The summed E-state index contributed by atoms with van der Waals surface area (Å²) in [5.41, 5.74) is 3.85. The van der Waals surface area contributed by atoms with E-state index in [0.717, 1.165) is 46.6 Å². The zero-order valence-corrected chi connectivity index (χ0v) is 21.6. The third-order valence-electron chi connectivity index (χ3n) is 5.89. The lowest BCUT2D eigenvalue weighted by atomic mass is 9.95. The quantitative estimate of drug-likeness (QED) is 0.298. The third kappa shape index (κ3) is 5.94. The van der Waals surface area contributed by atoms with Gasteiger partial charge in [-0.25, -0.2) is 4.79 Å². The highest BCUT2D eigenvalue weighted by molar-refractivity contribution is 8.00. The number of rotatable bonds is 7. The van der Waals surface area contributed by atoms with E-state index in [1.54, 1.807) is 12.1 Å². The predicted molar refractivity (Wildman–Crippen MR) is 142 cm³/mol. The number of fused-ring (bicyclic) bond motifs is 1. The summed E-state index contributed by atoms with van der Waals surface area (Å²) in [6.45, 7) is 3.80. The van der Waals surface area contributed by atoms with Crippen molar-refractivity contribution >= 4 is 51.6 Å². The van der Waals surface area contributed by atoms with Crippen LogP contribution < -0.4 is 10.6 Å². The summed E-state index contributed by atoms with van der Waals surface area (Å²) < 4.78 is 5.00. The van der Waals surface area contributed by atoms with E-state index in [1.165, 1.54) is 30.2 Å². The van der Waals surface area contributed by atoms with Gasteiger partial charge in [0.1, 0.15) is 5.00 Å². The summed E-state index contributed by atoms with van der Waals surface area (Å²) in [5.74, 6) is -0.778. The number of aryl methyl sites for hydroxylation is 2. The van der Waals surface area contributed by atoms with E-state index in [1.807, 2.05) is 50.2 Å². The second-order valence-corrected chi connectivity index (χ2v) is 11.0. The van der Waals surface area contributed by atoms with Crippen LogP contribution in [0.25, 0.3) is 0 Å². The smallest absolute Gasteiger partial charge is 0.341 e. The zero-order chi connectivity index (χ0) is 24.9. The molecule has 182 valence electrons. The number of ether oxygens (including phenoxy) is 1. The van der Waals surface area contributed by atoms with E-state index >= 15 is 0 Å². The number of methoxy groups -OCH3 is 1. The normalized spacial score (nSPS) is 13.5. The molecule has 1 unspecified atom stereocenters. The Hall–Kier alpha value is -3.10. The average Bonchev–Trinajstić information content (AvgIpc) is 3.21. The van der Waals surface area contributed by atoms with Crippen LogP contribution in [0.15, 0.2) is 53.4 Å². The lowest BCUT2D eigenvalue weighted by molar-refractivity contribution is -0.115. The van der Waals surface area contributed by atoms with Crippen LogP contribution in [0.1, 0.15) is 56.5 Å². The molecule has 0 saturated heterocycles. The van der Waals surface area contributed by atoms with Crippen LogP contribution in [-0.4, -0.2) is 30.1 Å². The van der Waals surface area contributed by atoms with Gasteiger partial charge in [-0.1, -0.05) is 23.8 Å². The van der Waals surface area contributed by atoms with Gasteiger partial charge in [-0.2, -0.15) is 0 Å². The van der Waals surface area contributed by atoms with Crippen LogP contribution in [0, 0.1) is 6.92 Å². The molecule has 1 aromatic heterocycles. The molecule has 0 saturated carbocycles. The Kier molecular flexibility index (Phi) is 7.93. The number of benzene rings is 2. The first-order valence-corrected chi connectivity index (χ1v) is 13.2. The summed E-state index contributed by atoms with van der Waals surface area (Å²) >= 11 is 2.87. The average molecular weight is 509 g/mol. The third-order valence-corrected chi connectivity index (χ3v) is 8.19. The maximum Gasteiger partial charge on any atom is 0.341 e. The number of thioether (sulfide) groups is 1. The largest absolute Gasteiger partial charge is 0.465 e. The molecule has 0 spiro atoms. The fourth-order valence-electron chi connectivity index (χ4n) is 4.00. The molecule has 1 atom stereocenters. The van der Waals surface area contributed by atoms with Crippen LogP contribution in [0.4, 0.5) is 10.7 Å². The highest BCUT2D eigenvalue weighted by Gasteiger charge is 2.28. The lowest BCUT2D eigenvalue weighted by Gasteiger charge is -2.14. The number of anilines is 2. The number of amides is 2. The molecule has 1 heterocycles. The van der Waals surface area contributed by atoms with Crippen LogP contribution >= 0.6 is 23.1 Å². The van der Waals surface area contributed by atoms with Crippen molar-refractivity contribution in [2.24, 2.45) is 0 Å². The first-order valence-electron chi connectivity index (χ1n) is 11.5. The van der Waals surface area contributed by atoms with Crippen molar-refractivity contribution in [2.75, 3.05) is 17.7 Å². The Morgan fingerprint density at radius 3 is 2.51 bits per heavy atom.